The molecule has 0 unspecified atom stereocenters. The molecular formula is C56H44N2. The topological polar surface area (TPSA) is 6.48 Å². The molecule has 0 amide bonds. The molecule has 0 spiro atoms. The largest absolute Gasteiger partial charge is 0.310 e. The summed E-state index contributed by atoms with van der Waals surface area (Å²) in [7, 11) is 0. The Kier molecular flexibility index (Phi) is 8.76. The van der Waals surface area contributed by atoms with E-state index in [9.17, 15) is 0 Å². The molecule has 9 aromatic rings. The van der Waals surface area contributed by atoms with E-state index in [1.165, 1.54) is 66.5 Å². The molecule has 0 atom stereocenters. The third-order valence-corrected chi connectivity index (χ3v) is 11.9. The van der Waals surface area contributed by atoms with Gasteiger partial charge in [-0.25, -0.2) is 0 Å². The third-order valence-electron chi connectivity index (χ3n) is 11.9. The van der Waals surface area contributed by atoms with Crippen LogP contribution in [0.1, 0.15) is 30.5 Å². The number of anilines is 6. The van der Waals surface area contributed by atoms with Crippen LogP contribution in [-0.4, -0.2) is 0 Å². The molecule has 9 aromatic carbocycles. The zero-order valence-electron chi connectivity index (χ0n) is 33.1. The minimum absolute atomic E-state index is 0.230. The van der Waals surface area contributed by atoms with Crippen molar-refractivity contribution in [3.05, 3.63) is 229 Å². The van der Waals surface area contributed by atoms with Crippen LogP contribution in [-0.2, 0) is 5.41 Å². The van der Waals surface area contributed by atoms with Gasteiger partial charge in [-0.1, -0.05) is 159 Å². The van der Waals surface area contributed by atoms with E-state index in [-0.39, 0.29) is 5.41 Å². The van der Waals surface area contributed by atoms with Crippen molar-refractivity contribution in [1.82, 2.24) is 0 Å². The summed E-state index contributed by atoms with van der Waals surface area (Å²) in [5.41, 5.74) is 18.0. The van der Waals surface area contributed by atoms with Gasteiger partial charge in [0.05, 0.1) is 5.69 Å². The Hall–Kier alpha value is -7.16. The van der Waals surface area contributed by atoms with Gasteiger partial charge in [0, 0.05) is 39.2 Å². The summed E-state index contributed by atoms with van der Waals surface area (Å²) in [4.78, 5) is 4.81. The van der Waals surface area contributed by atoms with Crippen LogP contribution in [0.2, 0.25) is 0 Å². The van der Waals surface area contributed by atoms with Crippen molar-refractivity contribution in [3.63, 3.8) is 0 Å². The lowest BCUT2D eigenvalue weighted by atomic mass is 9.82. The predicted molar refractivity (Wildman–Crippen MR) is 246 cm³/mol. The van der Waals surface area contributed by atoms with Gasteiger partial charge in [0.25, 0.3) is 0 Å². The van der Waals surface area contributed by atoms with Crippen molar-refractivity contribution in [3.8, 4) is 33.4 Å². The lowest BCUT2D eigenvalue weighted by Gasteiger charge is -2.29. The number of benzene rings is 9. The van der Waals surface area contributed by atoms with Gasteiger partial charge in [0.1, 0.15) is 0 Å². The second kappa shape index (κ2) is 14.4. The van der Waals surface area contributed by atoms with Crippen LogP contribution >= 0.6 is 0 Å². The number of rotatable bonds is 8. The van der Waals surface area contributed by atoms with Gasteiger partial charge < -0.3 is 9.80 Å². The maximum Gasteiger partial charge on any atom is 0.0540 e. The third kappa shape index (κ3) is 6.24. The van der Waals surface area contributed by atoms with Gasteiger partial charge in [-0.05, 0) is 129 Å². The molecule has 0 bridgehead atoms. The fraction of sp³-hybridized carbons (Fsp3) is 0.0714. The molecular weight excluding hydrogens is 701 g/mol. The van der Waals surface area contributed by atoms with E-state index in [0.717, 1.165) is 28.4 Å². The highest BCUT2D eigenvalue weighted by Gasteiger charge is 2.37. The van der Waals surface area contributed by atoms with Gasteiger partial charge in [0.15, 0.2) is 0 Å². The summed E-state index contributed by atoms with van der Waals surface area (Å²) in [5.74, 6) is 0. The highest BCUT2D eigenvalue weighted by Crippen LogP contribution is 2.53. The van der Waals surface area contributed by atoms with E-state index in [4.69, 9.17) is 0 Å². The van der Waals surface area contributed by atoms with Gasteiger partial charge in [0.2, 0.25) is 0 Å². The Morgan fingerprint density at radius 3 is 1.43 bits per heavy atom. The van der Waals surface area contributed by atoms with Crippen LogP contribution in [0, 0.1) is 6.92 Å². The Morgan fingerprint density at radius 2 is 0.793 bits per heavy atom. The van der Waals surface area contributed by atoms with Crippen LogP contribution in [0.3, 0.4) is 0 Å². The molecule has 0 heterocycles. The monoisotopic (exact) mass is 744 g/mol. The Labute approximate surface area is 341 Å². The molecule has 278 valence electrons. The fourth-order valence-corrected chi connectivity index (χ4v) is 8.90. The zero-order chi connectivity index (χ0) is 39.2. The number of hydrogen-bond donors (Lipinski definition) is 0. The Bertz CT molecular complexity index is 2900. The van der Waals surface area contributed by atoms with Crippen LogP contribution in [0.25, 0.3) is 44.2 Å². The Balaban J connectivity index is 1.03. The number of hydrogen-bond acceptors (Lipinski definition) is 2. The van der Waals surface area contributed by atoms with E-state index in [1.54, 1.807) is 0 Å². The summed E-state index contributed by atoms with van der Waals surface area (Å²) in [6.45, 7) is 6.93. The van der Waals surface area contributed by atoms with Crippen molar-refractivity contribution >= 4 is 44.9 Å². The van der Waals surface area contributed by atoms with Crippen molar-refractivity contribution in [1.29, 1.82) is 0 Å². The standard InChI is InChI=1S/C56H44N2/c1-39-14-12-21-47(36-39)57(46-30-28-43(29-31-46)42-26-24-41(25-27-42)40-15-6-4-7-16-40)48-32-34-51-52-35-33-49(38-54(52)56(2,3)53(51)37-48)58(45-19-8-5-9-20-45)55-23-13-18-44-17-10-11-22-50(44)55/h4-38H,1-3H3. The van der Waals surface area contributed by atoms with Crippen LogP contribution < -0.4 is 9.80 Å². The molecule has 2 heteroatoms. The van der Waals surface area contributed by atoms with Crippen molar-refractivity contribution in [2.45, 2.75) is 26.2 Å². The summed E-state index contributed by atoms with van der Waals surface area (Å²) in [5, 5.41) is 2.46. The molecule has 0 saturated carbocycles. The van der Waals surface area contributed by atoms with Crippen molar-refractivity contribution < 1.29 is 0 Å². The molecule has 58 heavy (non-hydrogen) atoms. The second-order valence-electron chi connectivity index (χ2n) is 15.9. The summed E-state index contributed by atoms with van der Waals surface area (Å²) in [6, 6.07) is 77.4. The second-order valence-corrected chi connectivity index (χ2v) is 15.9. The van der Waals surface area contributed by atoms with Crippen LogP contribution in [0.4, 0.5) is 34.1 Å². The number of nitrogens with zero attached hydrogens (tertiary/aromatic N) is 2. The zero-order valence-corrected chi connectivity index (χ0v) is 33.1. The number of para-hydroxylation sites is 1. The van der Waals surface area contributed by atoms with Gasteiger partial charge in [-0.2, -0.15) is 0 Å². The SMILES string of the molecule is Cc1cccc(N(c2ccc(-c3ccc(-c4ccccc4)cc3)cc2)c2ccc3c(c2)C(C)(C)c2cc(N(c4ccccc4)c4cccc5ccccc45)ccc2-3)c1. The number of aryl methyl sites for hydroxylation is 1. The average molecular weight is 745 g/mol. The average Bonchev–Trinajstić information content (AvgIpc) is 3.50. The first-order valence-electron chi connectivity index (χ1n) is 20.2. The molecule has 1 aliphatic rings. The summed E-state index contributed by atoms with van der Waals surface area (Å²) in [6.07, 6.45) is 0. The maximum absolute atomic E-state index is 2.42. The van der Waals surface area contributed by atoms with Gasteiger partial charge >= 0.3 is 0 Å². The quantitative estimate of drug-likeness (QED) is 0.153. The molecule has 0 radical (unpaired) electrons. The fourth-order valence-electron chi connectivity index (χ4n) is 8.90. The van der Waals surface area contributed by atoms with Gasteiger partial charge in [-0.15, -0.1) is 0 Å². The molecule has 0 aromatic heterocycles. The molecule has 0 N–H and O–H groups in total. The lowest BCUT2D eigenvalue weighted by Crippen LogP contribution is -2.17. The summed E-state index contributed by atoms with van der Waals surface area (Å²) < 4.78 is 0. The number of fused-ring (bicyclic) bond motifs is 4. The van der Waals surface area contributed by atoms with Crippen LogP contribution in [0.15, 0.2) is 212 Å². The Morgan fingerprint density at radius 1 is 0.345 bits per heavy atom. The highest BCUT2D eigenvalue weighted by atomic mass is 15.1. The predicted octanol–water partition coefficient (Wildman–Crippen LogP) is 15.7. The van der Waals surface area contributed by atoms with E-state index in [1.807, 2.05) is 0 Å². The molecule has 10 rings (SSSR count). The van der Waals surface area contributed by atoms with E-state index < -0.39 is 0 Å². The minimum Gasteiger partial charge on any atom is -0.310 e. The normalized spacial score (nSPS) is 12.5. The van der Waals surface area contributed by atoms with E-state index in [2.05, 4.69) is 243 Å². The highest BCUT2D eigenvalue weighted by molar-refractivity contribution is 5.99. The van der Waals surface area contributed by atoms with E-state index >= 15 is 0 Å². The molecule has 0 saturated heterocycles. The van der Waals surface area contributed by atoms with E-state index in [0.29, 0.717) is 0 Å². The first-order chi connectivity index (χ1) is 28.4. The maximum atomic E-state index is 2.42. The smallest absolute Gasteiger partial charge is 0.0540 e. The lowest BCUT2D eigenvalue weighted by molar-refractivity contribution is 0.660. The van der Waals surface area contributed by atoms with Gasteiger partial charge in [-0.3, -0.25) is 0 Å². The first kappa shape index (κ1) is 35.3. The molecule has 0 fully saturated rings. The van der Waals surface area contributed by atoms with Crippen molar-refractivity contribution in [2.75, 3.05) is 9.80 Å². The van der Waals surface area contributed by atoms with Crippen molar-refractivity contribution in [2.24, 2.45) is 0 Å². The molecule has 1 aliphatic carbocycles. The minimum atomic E-state index is -0.230. The summed E-state index contributed by atoms with van der Waals surface area (Å²) >= 11 is 0. The first-order valence-corrected chi connectivity index (χ1v) is 20.2. The molecule has 2 nitrogen and oxygen atoms in total. The van der Waals surface area contributed by atoms with Crippen LogP contribution in [0.5, 0.6) is 0 Å². The molecule has 0 aliphatic heterocycles.